The van der Waals surface area contributed by atoms with Gasteiger partial charge in [-0.1, -0.05) is 0 Å². The second-order valence-electron chi connectivity index (χ2n) is 4.33. The smallest absolute Gasteiger partial charge is 0.463 e. The second-order valence-corrected chi connectivity index (χ2v) is 4.33. The molecule has 0 spiro atoms. The fraction of sp³-hybridized carbons (Fsp3) is 0.636. The number of aromatic nitrogens is 2. The molecule has 0 aromatic carbocycles. The van der Waals surface area contributed by atoms with Crippen molar-refractivity contribution in [3.05, 3.63) is 18.2 Å². The van der Waals surface area contributed by atoms with Crippen molar-refractivity contribution >= 4 is 13.2 Å². The van der Waals surface area contributed by atoms with E-state index in [2.05, 4.69) is 4.98 Å². The number of carbonyl (C=O) groups is 1. The van der Waals surface area contributed by atoms with E-state index in [0.717, 1.165) is 5.82 Å². The van der Waals surface area contributed by atoms with E-state index >= 15 is 0 Å². The van der Waals surface area contributed by atoms with Gasteiger partial charge in [0.2, 0.25) is 0 Å². The molecule has 1 heterocycles. The van der Waals surface area contributed by atoms with E-state index in [0.29, 0.717) is 13.2 Å². The Morgan fingerprint density at radius 2 is 1.90 bits per heavy atom. The molecule has 122 valence electrons. The summed E-state index contributed by atoms with van der Waals surface area (Å²) in [6, 6.07) is 0. The predicted octanol–water partition coefficient (Wildman–Crippen LogP) is 1.65. The van der Waals surface area contributed by atoms with Crippen LogP contribution in [0.5, 0.6) is 0 Å². The summed E-state index contributed by atoms with van der Waals surface area (Å²) in [7, 11) is -4.12. The van der Waals surface area contributed by atoms with Gasteiger partial charge < -0.3 is 26.7 Å². The van der Waals surface area contributed by atoms with Gasteiger partial charge in [-0.05, 0) is 13.8 Å². The van der Waals surface area contributed by atoms with E-state index < -0.39 is 7.25 Å². The minimum Gasteiger partial charge on any atom is -0.463 e. The van der Waals surface area contributed by atoms with Crippen LogP contribution >= 0.6 is 0 Å². The lowest BCUT2D eigenvalue weighted by Crippen LogP contribution is -2.32. The number of nitrogens with zero attached hydrogens (tertiary/aromatic N) is 1. The molecular weight excluding hydrogens is 295 g/mol. The van der Waals surface area contributed by atoms with Gasteiger partial charge in [0.15, 0.2) is 0 Å². The Balaban J connectivity index is 0.000000690. The molecule has 0 saturated carbocycles. The minimum atomic E-state index is -6.00. The largest absolute Gasteiger partial charge is 0.673 e. The van der Waals surface area contributed by atoms with Gasteiger partial charge in [0.1, 0.15) is 25.4 Å². The third-order valence-corrected chi connectivity index (χ3v) is 2.08. The minimum absolute atomic E-state index is 0.167. The Labute approximate surface area is 120 Å². The first-order valence-corrected chi connectivity index (χ1v) is 6.26. The summed E-state index contributed by atoms with van der Waals surface area (Å²) in [5, 5.41) is 0. The third kappa shape index (κ3) is 13.2. The number of hydrogen-bond donors (Lipinski definition) is 1. The summed E-state index contributed by atoms with van der Waals surface area (Å²) in [4.78, 5) is 14.4. The van der Waals surface area contributed by atoms with Crippen LogP contribution in [0.2, 0.25) is 0 Å². The zero-order chi connectivity index (χ0) is 16.5. The molecule has 21 heavy (non-hydrogen) atoms. The Morgan fingerprint density at radius 3 is 2.33 bits per heavy atom. The Bertz CT molecular complexity index is 418. The number of esters is 1. The van der Waals surface area contributed by atoms with Crippen LogP contribution in [0.3, 0.4) is 0 Å². The number of H-pyrrole nitrogens is 1. The van der Waals surface area contributed by atoms with Gasteiger partial charge in [0, 0.05) is 0 Å². The highest BCUT2D eigenvalue weighted by Crippen LogP contribution is 2.06. The zero-order valence-electron chi connectivity index (χ0n) is 12.1. The molecule has 0 radical (unpaired) electrons. The van der Waals surface area contributed by atoms with Gasteiger partial charge in [0.25, 0.3) is 5.82 Å². The highest BCUT2D eigenvalue weighted by Gasteiger charge is 2.20. The van der Waals surface area contributed by atoms with E-state index in [1.165, 1.54) is 0 Å². The third-order valence-electron chi connectivity index (χ3n) is 2.08. The number of rotatable bonds is 6. The van der Waals surface area contributed by atoms with Crippen LogP contribution < -0.4 is 4.57 Å². The number of carbonyl (C=O) groups excluding carboxylic acids is 1. The number of halogens is 4. The van der Waals surface area contributed by atoms with Crippen LogP contribution in [0.25, 0.3) is 0 Å². The average Bonchev–Trinajstić information content (AvgIpc) is 2.68. The Morgan fingerprint density at radius 1 is 1.33 bits per heavy atom. The molecule has 1 aromatic rings. The summed E-state index contributed by atoms with van der Waals surface area (Å²) in [6.45, 7) is 4.64. The SMILES string of the molecule is CC(C)OCCOC(=O)Cc1[nH]cc[n+]1C.F[B-](F)(F)F. The van der Waals surface area contributed by atoms with Crippen LogP contribution in [0.15, 0.2) is 12.4 Å². The Kier molecular flexibility index (Phi) is 8.67. The molecule has 0 aliphatic rings. The molecule has 1 aromatic heterocycles. The van der Waals surface area contributed by atoms with Crippen LogP contribution in [-0.4, -0.2) is 37.5 Å². The fourth-order valence-corrected chi connectivity index (χ4v) is 1.24. The number of nitrogens with one attached hydrogen (secondary N) is 1. The molecule has 0 bridgehead atoms. The zero-order valence-corrected chi connectivity index (χ0v) is 12.1. The maximum atomic E-state index is 11.4. The molecule has 0 unspecified atom stereocenters. The molecule has 10 heteroatoms. The maximum absolute atomic E-state index is 11.4. The van der Waals surface area contributed by atoms with Crippen molar-refractivity contribution in [2.75, 3.05) is 13.2 Å². The van der Waals surface area contributed by atoms with Gasteiger partial charge in [0.05, 0.1) is 19.8 Å². The lowest BCUT2D eigenvalue weighted by atomic mass is 10.3. The predicted molar refractivity (Wildman–Crippen MR) is 67.9 cm³/mol. The first-order valence-electron chi connectivity index (χ1n) is 6.26. The van der Waals surface area contributed by atoms with Gasteiger partial charge in [-0.2, -0.15) is 0 Å². The summed E-state index contributed by atoms with van der Waals surface area (Å²) < 4.78 is 51.1. The summed E-state index contributed by atoms with van der Waals surface area (Å²) in [6.07, 6.45) is 4.06. The van der Waals surface area contributed by atoms with E-state index in [-0.39, 0.29) is 18.5 Å². The summed E-state index contributed by atoms with van der Waals surface area (Å²) >= 11 is 0. The molecule has 5 nitrogen and oxygen atoms in total. The van der Waals surface area contributed by atoms with Crippen LogP contribution in [-0.2, 0) is 27.7 Å². The molecule has 0 fully saturated rings. The van der Waals surface area contributed by atoms with Crippen LogP contribution in [0.4, 0.5) is 17.3 Å². The van der Waals surface area contributed by atoms with Crippen molar-refractivity contribution in [3.63, 3.8) is 0 Å². The molecule has 0 atom stereocenters. The topological polar surface area (TPSA) is 55.2 Å². The first kappa shape index (κ1) is 19.4. The molecule has 0 aliphatic heterocycles. The molecule has 0 aliphatic carbocycles. The number of aromatic amines is 1. The van der Waals surface area contributed by atoms with Gasteiger partial charge in [-0.15, -0.1) is 0 Å². The van der Waals surface area contributed by atoms with Crippen LogP contribution in [0, 0.1) is 0 Å². The lowest BCUT2D eigenvalue weighted by Gasteiger charge is -2.07. The monoisotopic (exact) mass is 314 g/mol. The molecular formula is C11H19BF4N2O3. The highest BCUT2D eigenvalue weighted by molar-refractivity contribution is 6.50. The summed E-state index contributed by atoms with van der Waals surface area (Å²) in [5.41, 5.74) is 0. The first-order chi connectivity index (χ1) is 9.59. The van der Waals surface area contributed by atoms with Gasteiger partial charge in [-0.25, -0.2) is 9.55 Å². The second kappa shape index (κ2) is 9.38. The standard InChI is InChI=1S/C11H18N2O3.BF4/c1-9(2)15-6-7-16-11(14)8-10-12-4-5-13(10)3;2-1(3,4)5/h4-5,9H,6-8H2,1-3H3;/q;-1/p+1. The van der Waals surface area contributed by atoms with E-state index in [1.807, 2.05) is 31.7 Å². The summed E-state index contributed by atoms with van der Waals surface area (Å²) in [5.74, 6) is 0.584. The fourth-order valence-electron chi connectivity index (χ4n) is 1.24. The number of ether oxygens (including phenoxy) is 2. The van der Waals surface area contributed by atoms with Crippen LogP contribution in [0.1, 0.15) is 19.7 Å². The maximum Gasteiger partial charge on any atom is 0.673 e. The highest BCUT2D eigenvalue weighted by atomic mass is 19.5. The normalized spacial score (nSPS) is 11.0. The molecule has 1 rings (SSSR count). The van der Waals surface area contributed by atoms with Gasteiger partial charge in [-0.3, -0.25) is 4.79 Å². The van der Waals surface area contributed by atoms with Crippen molar-refractivity contribution in [2.24, 2.45) is 7.05 Å². The Hall–Kier alpha value is -1.58. The van der Waals surface area contributed by atoms with E-state index in [9.17, 15) is 22.1 Å². The van der Waals surface area contributed by atoms with Crippen molar-refractivity contribution in [1.29, 1.82) is 0 Å². The molecule has 0 amide bonds. The number of hydrogen-bond acceptors (Lipinski definition) is 3. The van der Waals surface area contributed by atoms with Crippen molar-refractivity contribution in [2.45, 2.75) is 26.4 Å². The van der Waals surface area contributed by atoms with Crippen molar-refractivity contribution < 1.29 is 36.1 Å². The molecule has 0 saturated heterocycles. The number of imidazole rings is 1. The quantitative estimate of drug-likeness (QED) is 0.286. The van der Waals surface area contributed by atoms with E-state index in [4.69, 9.17) is 9.47 Å². The average molecular weight is 314 g/mol. The molecule has 1 N–H and O–H groups in total. The van der Waals surface area contributed by atoms with Crippen molar-refractivity contribution in [3.8, 4) is 0 Å². The van der Waals surface area contributed by atoms with Gasteiger partial charge >= 0.3 is 13.2 Å². The lowest BCUT2D eigenvalue weighted by molar-refractivity contribution is -0.677. The van der Waals surface area contributed by atoms with Crippen molar-refractivity contribution in [1.82, 2.24) is 4.98 Å². The van der Waals surface area contributed by atoms with E-state index in [1.54, 1.807) is 6.20 Å². The number of aryl methyl sites for hydroxylation is 1.